The van der Waals surface area contributed by atoms with Crippen molar-refractivity contribution in [3.05, 3.63) is 52.5 Å². The van der Waals surface area contributed by atoms with Crippen molar-refractivity contribution in [1.29, 1.82) is 0 Å². The molecular weight excluding hydrogens is 313 g/mol. The van der Waals surface area contributed by atoms with Gasteiger partial charge in [-0.25, -0.2) is 9.97 Å². The van der Waals surface area contributed by atoms with Crippen LogP contribution in [-0.2, 0) is 0 Å². The normalized spacial score (nSPS) is 10.9. The van der Waals surface area contributed by atoms with E-state index in [9.17, 15) is 0 Å². The molecule has 0 saturated heterocycles. The van der Waals surface area contributed by atoms with Gasteiger partial charge in [0.1, 0.15) is 5.03 Å². The van der Waals surface area contributed by atoms with Crippen molar-refractivity contribution in [3.63, 3.8) is 0 Å². The summed E-state index contributed by atoms with van der Waals surface area (Å²) < 4.78 is 0. The number of benzene rings is 2. The molecule has 2 aromatic carbocycles. The third kappa shape index (κ3) is 2.68. The smallest absolute Gasteiger partial charge is 0.221 e. The summed E-state index contributed by atoms with van der Waals surface area (Å²) in [6.45, 7) is 0. The zero-order valence-corrected chi connectivity index (χ0v) is 12.5. The minimum atomic E-state index is 0.240. The van der Waals surface area contributed by atoms with Crippen LogP contribution in [0.15, 0.2) is 52.4 Å². The maximum Gasteiger partial charge on any atom is 0.221 e. The predicted molar refractivity (Wildman–Crippen MR) is 84.5 cm³/mol. The summed E-state index contributed by atoms with van der Waals surface area (Å²) in [6.07, 6.45) is 0. The highest BCUT2D eigenvalue weighted by Crippen LogP contribution is 2.37. The van der Waals surface area contributed by atoms with Gasteiger partial charge in [-0.3, -0.25) is 0 Å². The van der Waals surface area contributed by atoms with Crippen LogP contribution in [0, 0.1) is 0 Å². The molecule has 3 aromatic rings. The van der Waals surface area contributed by atoms with Crippen LogP contribution >= 0.6 is 35.0 Å². The summed E-state index contributed by atoms with van der Waals surface area (Å²) in [5.41, 5.74) is 6.56. The van der Waals surface area contributed by atoms with E-state index in [2.05, 4.69) is 9.97 Å². The van der Waals surface area contributed by atoms with E-state index in [0.717, 1.165) is 20.8 Å². The molecule has 0 fully saturated rings. The second kappa shape index (κ2) is 5.48. The zero-order valence-electron chi connectivity index (χ0n) is 10.2. The molecule has 0 unspecified atom stereocenters. The number of hydrogen-bond acceptors (Lipinski definition) is 4. The van der Waals surface area contributed by atoms with E-state index in [1.807, 2.05) is 30.3 Å². The van der Waals surface area contributed by atoms with Gasteiger partial charge in [0.25, 0.3) is 0 Å². The van der Waals surface area contributed by atoms with E-state index in [1.54, 1.807) is 12.1 Å². The lowest BCUT2D eigenvalue weighted by Crippen LogP contribution is -1.97. The second-order valence-corrected chi connectivity index (χ2v) is 5.96. The van der Waals surface area contributed by atoms with Gasteiger partial charge in [0.05, 0.1) is 10.5 Å². The predicted octanol–water partition coefficient (Wildman–Crippen LogP) is 4.67. The Hall–Kier alpha value is -1.49. The van der Waals surface area contributed by atoms with E-state index >= 15 is 0 Å². The summed E-state index contributed by atoms with van der Waals surface area (Å²) >= 11 is 13.6. The van der Waals surface area contributed by atoms with Crippen molar-refractivity contribution in [3.8, 4) is 0 Å². The molecule has 100 valence electrons. The highest BCUT2D eigenvalue weighted by molar-refractivity contribution is 7.99. The molecule has 3 nitrogen and oxygen atoms in total. The first-order chi connectivity index (χ1) is 9.63. The standard InChI is InChI=1S/C14H9Cl2N3S/c15-8-5-6-10(16)12(7-8)20-13-9-3-1-2-4-11(9)18-14(17)19-13/h1-7H,(H2,17,18,19). The Morgan fingerprint density at radius 2 is 1.80 bits per heavy atom. The number of hydrogen-bond donors (Lipinski definition) is 1. The van der Waals surface area contributed by atoms with Crippen LogP contribution < -0.4 is 5.73 Å². The highest BCUT2D eigenvalue weighted by Gasteiger charge is 2.10. The average molecular weight is 322 g/mol. The Bertz CT molecular complexity index is 792. The summed E-state index contributed by atoms with van der Waals surface area (Å²) in [7, 11) is 0. The maximum atomic E-state index is 6.18. The molecular formula is C14H9Cl2N3S. The van der Waals surface area contributed by atoms with Crippen LogP contribution in [0.4, 0.5) is 5.95 Å². The van der Waals surface area contributed by atoms with Crippen LogP contribution in [-0.4, -0.2) is 9.97 Å². The largest absolute Gasteiger partial charge is 0.368 e. The van der Waals surface area contributed by atoms with Crippen LogP contribution in [0.25, 0.3) is 10.9 Å². The van der Waals surface area contributed by atoms with E-state index in [4.69, 9.17) is 28.9 Å². The van der Waals surface area contributed by atoms with Gasteiger partial charge in [-0.1, -0.05) is 53.2 Å². The quantitative estimate of drug-likeness (QED) is 0.697. The monoisotopic (exact) mass is 321 g/mol. The number of para-hydroxylation sites is 1. The molecule has 6 heteroatoms. The van der Waals surface area contributed by atoms with E-state index in [-0.39, 0.29) is 5.95 Å². The first-order valence-corrected chi connectivity index (χ1v) is 7.36. The summed E-state index contributed by atoms with van der Waals surface area (Å²) in [5, 5.41) is 2.95. The number of nitrogen functional groups attached to an aromatic ring is 1. The molecule has 0 spiro atoms. The Labute approximate surface area is 130 Å². The van der Waals surface area contributed by atoms with Gasteiger partial charge < -0.3 is 5.73 Å². The first-order valence-electron chi connectivity index (χ1n) is 5.78. The highest BCUT2D eigenvalue weighted by atomic mass is 35.5. The second-order valence-electron chi connectivity index (χ2n) is 4.08. The lowest BCUT2D eigenvalue weighted by atomic mass is 10.2. The van der Waals surface area contributed by atoms with Gasteiger partial charge in [0.15, 0.2) is 0 Å². The van der Waals surface area contributed by atoms with Crippen LogP contribution in [0.1, 0.15) is 0 Å². The van der Waals surface area contributed by atoms with E-state index in [1.165, 1.54) is 11.8 Å². The Morgan fingerprint density at radius 1 is 1.00 bits per heavy atom. The minimum Gasteiger partial charge on any atom is -0.368 e. The fourth-order valence-electron chi connectivity index (χ4n) is 1.80. The summed E-state index contributed by atoms with van der Waals surface area (Å²) in [6, 6.07) is 13.0. The van der Waals surface area contributed by atoms with Gasteiger partial charge in [0, 0.05) is 15.3 Å². The zero-order chi connectivity index (χ0) is 14.1. The molecule has 0 saturated carbocycles. The molecule has 2 N–H and O–H groups in total. The lowest BCUT2D eigenvalue weighted by Gasteiger charge is -2.07. The Balaban J connectivity index is 2.13. The van der Waals surface area contributed by atoms with Crippen LogP contribution in [0.5, 0.6) is 0 Å². The van der Waals surface area contributed by atoms with Gasteiger partial charge in [0.2, 0.25) is 5.95 Å². The number of nitrogens with two attached hydrogens (primary N) is 1. The van der Waals surface area contributed by atoms with Crippen molar-refractivity contribution >= 4 is 51.8 Å². The average Bonchev–Trinajstić information content (AvgIpc) is 2.43. The van der Waals surface area contributed by atoms with Crippen molar-refractivity contribution < 1.29 is 0 Å². The van der Waals surface area contributed by atoms with Gasteiger partial charge in [-0.2, -0.15) is 0 Å². The van der Waals surface area contributed by atoms with E-state index < -0.39 is 0 Å². The van der Waals surface area contributed by atoms with Crippen molar-refractivity contribution in [2.24, 2.45) is 0 Å². The Morgan fingerprint density at radius 3 is 2.65 bits per heavy atom. The topological polar surface area (TPSA) is 51.8 Å². The molecule has 0 radical (unpaired) electrons. The molecule has 0 atom stereocenters. The third-order valence-corrected chi connectivity index (χ3v) is 4.42. The number of nitrogens with zero attached hydrogens (tertiary/aromatic N) is 2. The minimum absolute atomic E-state index is 0.240. The van der Waals surface area contributed by atoms with Gasteiger partial charge in [-0.05, 0) is 24.3 Å². The SMILES string of the molecule is Nc1nc(Sc2cc(Cl)ccc2Cl)c2ccccc2n1. The maximum absolute atomic E-state index is 6.18. The van der Waals surface area contributed by atoms with Crippen molar-refractivity contribution in [1.82, 2.24) is 9.97 Å². The molecule has 1 aromatic heterocycles. The van der Waals surface area contributed by atoms with Gasteiger partial charge in [-0.15, -0.1) is 0 Å². The van der Waals surface area contributed by atoms with Crippen LogP contribution in [0.2, 0.25) is 10.0 Å². The number of anilines is 1. The third-order valence-electron chi connectivity index (χ3n) is 2.69. The fraction of sp³-hybridized carbons (Fsp3) is 0. The molecule has 0 aliphatic carbocycles. The molecule has 20 heavy (non-hydrogen) atoms. The first kappa shape index (κ1) is 13.5. The van der Waals surface area contributed by atoms with Crippen molar-refractivity contribution in [2.45, 2.75) is 9.92 Å². The fourth-order valence-corrected chi connectivity index (χ4v) is 3.25. The molecule has 0 aliphatic rings. The number of aromatic nitrogens is 2. The van der Waals surface area contributed by atoms with E-state index in [0.29, 0.717) is 10.0 Å². The lowest BCUT2D eigenvalue weighted by molar-refractivity contribution is 1.12. The number of halogens is 2. The van der Waals surface area contributed by atoms with Crippen molar-refractivity contribution in [2.75, 3.05) is 5.73 Å². The van der Waals surface area contributed by atoms with Gasteiger partial charge >= 0.3 is 0 Å². The number of fused-ring (bicyclic) bond motifs is 1. The molecule has 3 rings (SSSR count). The number of rotatable bonds is 2. The Kier molecular flexibility index (Phi) is 3.70. The summed E-state index contributed by atoms with van der Waals surface area (Å²) in [5.74, 6) is 0.240. The molecule has 1 heterocycles. The van der Waals surface area contributed by atoms with Crippen LogP contribution in [0.3, 0.4) is 0 Å². The molecule has 0 aliphatic heterocycles. The summed E-state index contributed by atoms with van der Waals surface area (Å²) in [4.78, 5) is 9.34. The molecule has 0 bridgehead atoms. The molecule has 0 amide bonds.